The number of anilines is 2. The molecule has 9 heteroatoms. The molecule has 0 saturated carbocycles. The van der Waals surface area contributed by atoms with E-state index in [1.165, 1.54) is 25.4 Å². The Hall–Kier alpha value is -2.29. The minimum atomic E-state index is -4.18. The number of hydrogen-bond donors (Lipinski definition) is 2. The van der Waals surface area contributed by atoms with E-state index in [2.05, 4.69) is 10.3 Å². The largest absolute Gasteiger partial charge is 0.386 e. The molecule has 0 amide bonds. The Bertz CT molecular complexity index is 758. The van der Waals surface area contributed by atoms with Gasteiger partial charge in [-0.2, -0.15) is 8.42 Å². The zero-order valence-electron chi connectivity index (χ0n) is 10.7. The Balaban J connectivity index is 2.42. The van der Waals surface area contributed by atoms with Crippen molar-refractivity contribution < 1.29 is 21.6 Å². The fraction of sp³-hybridized carbons (Fsp3) is 0.0833. The fourth-order valence-corrected chi connectivity index (χ4v) is 2.80. The van der Waals surface area contributed by atoms with E-state index in [0.717, 1.165) is 0 Å². The Labute approximate surface area is 118 Å². The second-order valence-corrected chi connectivity index (χ2v) is 5.56. The highest BCUT2D eigenvalue weighted by Gasteiger charge is 2.21. The average Bonchev–Trinajstić information content (AvgIpc) is 2.44. The molecule has 0 spiro atoms. The van der Waals surface area contributed by atoms with Crippen molar-refractivity contribution in [2.24, 2.45) is 0 Å². The number of halogens is 3. The molecule has 1 heterocycles. The first kappa shape index (κ1) is 15.1. The second kappa shape index (κ2) is 5.60. The van der Waals surface area contributed by atoms with Gasteiger partial charge in [0.1, 0.15) is 0 Å². The summed E-state index contributed by atoms with van der Waals surface area (Å²) in [7, 11) is -2.69. The SMILES string of the molecule is CNc1cccnc1S(=O)(=O)Nc1cc(F)c(F)c(F)c1. The minimum Gasteiger partial charge on any atom is -0.386 e. The third-order valence-corrected chi connectivity index (χ3v) is 3.87. The van der Waals surface area contributed by atoms with Gasteiger partial charge < -0.3 is 5.32 Å². The standard InChI is InChI=1S/C12H10F3N3O2S/c1-16-10-3-2-4-17-12(10)21(19,20)18-7-5-8(13)11(15)9(14)6-7/h2-6,16,18H,1H3. The van der Waals surface area contributed by atoms with E-state index in [0.29, 0.717) is 12.1 Å². The van der Waals surface area contributed by atoms with Gasteiger partial charge in [0.05, 0.1) is 11.4 Å². The predicted octanol–water partition coefficient (Wildman–Crippen LogP) is 2.34. The van der Waals surface area contributed by atoms with Crippen molar-refractivity contribution in [1.29, 1.82) is 0 Å². The predicted molar refractivity (Wildman–Crippen MR) is 70.9 cm³/mol. The molecule has 0 aliphatic carbocycles. The number of benzene rings is 1. The molecule has 2 rings (SSSR count). The van der Waals surface area contributed by atoms with Crippen LogP contribution in [0, 0.1) is 17.5 Å². The minimum absolute atomic E-state index is 0.202. The van der Waals surface area contributed by atoms with Gasteiger partial charge >= 0.3 is 0 Å². The van der Waals surface area contributed by atoms with E-state index in [1.54, 1.807) is 0 Å². The van der Waals surface area contributed by atoms with E-state index in [1.807, 2.05) is 4.72 Å². The molecule has 0 atom stereocenters. The third-order valence-electron chi connectivity index (χ3n) is 2.53. The van der Waals surface area contributed by atoms with Crippen LogP contribution in [-0.4, -0.2) is 20.4 Å². The first-order valence-electron chi connectivity index (χ1n) is 5.65. The highest BCUT2D eigenvalue weighted by Crippen LogP contribution is 2.23. The summed E-state index contributed by atoms with van der Waals surface area (Å²) >= 11 is 0. The molecule has 0 unspecified atom stereocenters. The maximum Gasteiger partial charge on any atom is 0.281 e. The number of aromatic nitrogens is 1. The van der Waals surface area contributed by atoms with Gasteiger partial charge in [-0.3, -0.25) is 4.72 Å². The molecule has 0 fully saturated rings. The van der Waals surface area contributed by atoms with Gasteiger partial charge in [-0.1, -0.05) is 0 Å². The topological polar surface area (TPSA) is 71.1 Å². The Morgan fingerprint density at radius 3 is 2.33 bits per heavy atom. The van der Waals surface area contributed by atoms with E-state index < -0.39 is 33.2 Å². The van der Waals surface area contributed by atoms with Crippen LogP contribution >= 0.6 is 0 Å². The quantitative estimate of drug-likeness (QED) is 0.849. The lowest BCUT2D eigenvalue weighted by atomic mass is 10.3. The Kier molecular flexibility index (Phi) is 4.03. The molecule has 0 aliphatic heterocycles. The highest BCUT2D eigenvalue weighted by molar-refractivity contribution is 7.92. The molecule has 2 aromatic rings. The molecular formula is C12H10F3N3O2S. The Morgan fingerprint density at radius 2 is 1.76 bits per heavy atom. The van der Waals surface area contributed by atoms with Crippen molar-refractivity contribution in [2.45, 2.75) is 5.03 Å². The zero-order chi connectivity index (χ0) is 15.6. The van der Waals surface area contributed by atoms with Crippen LogP contribution in [0.1, 0.15) is 0 Å². The first-order valence-corrected chi connectivity index (χ1v) is 7.13. The van der Waals surface area contributed by atoms with E-state index in [9.17, 15) is 21.6 Å². The second-order valence-electron chi connectivity index (χ2n) is 3.97. The van der Waals surface area contributed by atoms with E-state index in [-0.39, 0.29) is 10.7 Å². The Morgan fingerprint density at radius 1 is 1.14 bits per heavy atom. The first-order chi connectivity index (χ1) is 9.85. The van der Waals surface area contributed by atoms with Crippen LogP contribution in [0.5, 0.6) is 0 Å². The lowest BCUT2D eigenvalue weighted by Gasteiger charge is -2.11. The van der Waals surface area contributed by atoms with Crippen molar-refractivity contribution in [3.63, 3.8) is 0 Å². The summed E-state index contributed by atoms with van der Waals surface area (Å²) in [6.45, 7) is 0. The summed E-state index contributed by atoms with van der Waals surface area (Å²) in [4.78, 5) is 3.71. The maximum atomic E-state index is 13.1. The summed E-state index contributed by atoms with van der Waals surface area (Å²) in [5.74, 6) is -4.67. The van der Waals surface area contributed by atoms with Gasteiger partial charge in [0.15, 0.2) is 22.5 Å². The van der Waals surface area contributed by atoms with Gasteiger partial charge in [0.25, 0.3) is 10.0 Å². The number of rotatable bonds is 4. The van der Waals surface area contributed by atoms with Crippen molar-refractivity contribution in [2.75, 3.05) is 17.1 Å². The molecule has 2 N–H and O–H groups in total. The average molecular weight is 317 g/mol. The van der Waals surface area contributed by atoms with Crippen molar-refractivity contribution >= 4 is 21.4 Å². The molecule has 21 heavy (non-hydrogen) atoms. The monoisotopic (exact) mass is 317 g/mol. The van der Waals surface area contributed by atoms with Crippen LogP contribution < -0.4 is 10.0 Å². The number of hydrogen-bond acceptors (Lipinski definition) is 4. The smallest absolute Gasteiger partial charge is 0.281 e. The van der Waals surface area contributed by atoms with Gasteiger partial charge in [-0.05, 0) is 12.1 Å². The van der Waals surface area contributed by atoms with Gasteiger partial charge in [0, 0.05) is 25.4 Å². The fourth-order valence-electron chi connectivity index (χ4n) is 1.61. The lowest BCUT2D eigenvalue weighted by molar-refractivity contribution is 0.448. The number of nitrogens with one attached hydrogen (secondary N) is 2. The molecule has 1 aromatic heterocycles. The van der Waals surface area contributed by atoms with Crippen molar-refractivity contribution in [3.05, 3.63) is 47.9 Å². The normalized spacial score (nSPS) is 11.2. The van der Waals surface area contributed by atoms with Crippen molar-refractivity contribution in [3.8, 4) is 0 Å². The summed E-state index contributed by atoms with van der Waals surface area (Å²) in [5.41, 5.74) is -0.243. The number of pyridine rings is 1. The summed E-state index contributed by atoms with van der Waals surface area (Å²) < 4.78 is 65.2. The summed E-state index contributed by atoms with van der Waals surface area (Å²) in [5, 5.41) is 2.28. The highest BCUT2D eigenvalue weighted by atomic mass is 32.2. The molecule has 112 valence electrons. The molecule has 0 saturated heterocycles. The molecular weight excluding hydrogens is 307 g/mol. The number of sulfonamides is 1. The molecule has 0 bridgehead atoms. The van der Waals surface area contributed by atoms with Gasteiger partial charge in [0.2, 0.25) is 0 Å². The lowest BCUT2D eigenvalue weighted by Crippen LogP contribution is -2.16. The molecule has 0 aliphatic rings. The molecule has 0 radical (unpaired) electrons. The van der Waals surface area contributed by atoms with E-state index >= 15 is 0 Å². The van der Waals surface area contributed by atoms with Crippen LogP contribution in [0.2, 0.25) is 0 Å². The van der Waals surface area contributed by atoms with Crippen LogP contribution in [0.15, 0.2) is 35.5 Å². The van der Waals surface area contributed by atoms with Gasteiger partial charge in [-0.15, -0.1) is 0 Å². The number of nitrogens with zero attached hydrogens (tertiary/aromatic N) is 1. The molecule has 5 nitrogen and oxygen atoms in total. The van der Waals surface area contributed by atoms with Crippen LogP contribution in [0.3, 0.4) is 0 Å². The third kappa shape index (κ3) is 3.07. The maximum absolute atomic E-state index is 13.1. The zero-order valence-corrected chi connectivity index (χ0v) is 11.5. The van der Waals surface area contributed by atoms with Crippen molar-refractivity contribution in [1.82, 2.24) is 4.98 Å². The summed E-state index contributed by atoms with van der Waals surface area (Å²) in [6.07, 6.45) is 1.25. The van der Waals surface area contributed by atoms with Crippen LogP contribution in [0.25, 0.3) is 0 Å². The van der Waals surface area contributed by atoms with Crippen LogP contribution in [-0.2, 0) is 10.0 Å². The summed E-state index contributed by atoms with van der Waals surface area (Å²) in [6, 6.07) is 4.06. The molecule has 1 aromatic carbocycles. The van der Waals surface area contributed by atoms with Gasteiger partial charge in [-0.25, -0.2) is 18.2 Å². The van der Waals surface area contributed by atoms with E-state index in [4.69, 9.17) is 0 Å². The van der Waals surface area contributed by atoms with Crippen LogP contribution in [0.4, 0.5) is 24.5 Å².